The lowest BCUT2D eigenvalue weighted by Crippen LogP contribution is -2.17. The zero-order valence-corrected chi connectivity index (χ0v) is 10.2. The van der Waals surface area contributed by atoms with Gasteiger partial charge in [0.2, 0.25) is 0 Å². The largest absolute Gasteiger partial charge is 0.371 e. The van der Waals surface area contributed by atoms with E-state index in [4.69, 9.17) is 4.74 Å². The lowest BCUT2D eigenvalue weighted by molar-refractivity contribution is 0.135. The van der Waals surface area contributed by atoms with Crippen LogP contribution in [0.25, 0.3) is 10.9 Å². The molecular formula is C14H18N2O. The number of fused-ring (bicyclic) bond motifs is 1. The van der Waals surface area contributed by atoms with Gasteiger partial charge in [-0.15, -0.1) is 0 Å². The van der Waals surface area contributed by atoms with E-state index in [-0.39, 0.29) is 0 Å². The van der Waals surface area contributed by atoms with Crippen LogP contribution in [0.1, 0.15) is 12.8 Å². The smallest absolute Gasteiger partial charge is 0.122 e. The Labute approximate surface area is 102 Å². The minimum atomic E-state index is 0.618. The summed E-state index contributed by atoms with van der Waals surface area (Å²) in [6, 6.07) is 8.85. The molecule has 0 N–H and O–H groups in total. The molecule has 1 aromatic heterocycles. The molecule has 1 aromatic carbocycles. The highest BCUT2D eigenvalue weighted by atomic mass is 16.5. The van der Waals surface area contributed by atoms with E-state index < -0.39 is 0 Å². The molecule has 2 heterocycles. The molecule has 0 spiro atoms. The van der Waals surface area contributed by atoms with Gasteiger partial charge in [0.15, 0.2) is 0 Å². The van der Waals surface area contributed by atoms with Crippen LogP contribution in [0.15, 0.2) is 30.5 Å². The highest BCUT2D eigenvalue weighted by molar-refractivity contribution is 5.83. The van der Waals surface area contributed by atoms with Gasteiger partial charge in [0.1, 0.15) is 6.73 Å². The minimum absolute atomic E-state index is 0.618. The number of aromatic nitrogens is 1. The first-order valence-corrected chi connectivity index (χ1v) is 6.21. The average molecular weight is 230 g/mol. The van der Waals surface area contributed by atoms with Gasteiger partial charge in [-0.1, -0.05) is 6.07 Å². The summed E-state index contributed by atoms with van der Waals surface area (Å²) >= 11 is 0. The second-order valence-corrected chi connectivity index (χ2v) is 4.64. The summed E-state index contributed by atoms with van der Waals surface area (Å²) in [5.41, 5.74) is 2.60. The van der Waals surface area contributed by atoms with Crippen LogP contribution in [0.2, 0.25) is 0 Å². The maximum Gasteiger partial charge on any atom is 0.122 e. The van der Waals surface area contributed by atoms with Gasteiger partial charge in [-0.25, -0.2) is 0 Å². The first-order valence-electron chi connectivity index (χ1n) is 6.21. The van der Waals surface area contributed by atoms with E-state index in [2.05, 4.69) is 39.9 Å². The van der Waals surface area contributed by atoms with E-state index in [0.717, 1.165) is 0 Å². The number of hydrogen-bond donors (Lipinski definition) is 0. The Morgan fingerprint density at radius 1 is 1.18 bits per heavy atom. The number of ether oxygens (including phenoxy) is 1. The summed E-state index contributed by atoms with van der Waals surface area (Å²) in [5.74, 6) is 0. The molecule has 3 nitrogen and oxygen atoms in total. The third-order valence-electron chi connectivity index (χ3n) is 3.50. The van der Waals surface area contributed by atoms with E-state index in [0.29, 0.717) is 6.73 Å². The quantitative estimate of drug-likeness (QED) is 0.806. The number of benzene rings is 1. The molecule has 2 aromatic rings. The first kappa shape index (κ1) is 10.7. The van der Waals surface area contributed by atoms with Crippen molar-refractivity contribution in [2.45, 2.75) is 19.6 Å². The average Bonchev–Trinajstić information content (AvgIpc) is 2.98. The molecule has 0 aliphatic carbocycles. The Bertz CT molecular complexity index is 512. The zero-order chi connectivity index (χ0) is 11.7. The standard InChI is InChI=1S/C14H18N2O/c1-17-11-16-9-6-12-4-5-13(10-14(12)16)15-7-2-3-8-15/h4-6,9-10H,2-3,7-8,11H2,1H3. The molecule has 3 heteroatoms. The van der Waals surface area contributed by atoms with Crippen molar-refractivity contribution in [1.82, 2.24) is 4.57 Å². The Hall–Kier alpha value is -1.48. The zero-order valence-electron chi connectivity index (χ0n) is 10.2. The molecule has 1 fully saturated rings. The van der Waals surface area contributed by atoms with E-state index in [1.165, 1.54) is 42.5 Å². The fourth-order valence-corrected chi connectivity index (χ4v) is 2.60. The van der Waals surface area contributed by atoms with Gasteiger partial charge in [-0.3, -0.25) is 0 Å². The van der Waals surface area contributed by atoms with Crippen LogP contribution in [-0.4, -0.2) is 24.8 Å². The Morgan fingerprint density at radius 2 is 2.00 bits per heavy atom. The molecule has 1 aliphatic rings. The Kier molecular flexibility index (Phi) is 2.77. The molecule has 90 valence electrons. The normalized spacial score (nSPS) is 15.9. The fourth-order valence-electron chi connectivity index (χ4n) is 2.60. The van der Waals surface area contributed by atoms with E-state index in [1.54, 1.807) is 7.11 Å². The van der Waals surface area contributed by atoms with Gasteiger partial charge < -0.3 is 14.2 Å². The molecule has 0 amide bonds. The molecule has 17 heavy (non-hydrogen) atoms. The lowest BCUT2D eigenvalue weighted by atomic mass is 10.2. The summed E-state index contributed by atoms with van der Waals surface area (Å²) in [6.07, 6.45) is 4.72. The summed E-state index contributed by atoms with van der Waals surface area (Å²) < 4.78 is 7.36. The molecule has 0 radical (unpaired) electrons. The highest BCUT2D eigenvalue weighted by Gasteiger charge is 2.13. The maximum atomic E-state index is 5.21. The molecule has 0 bridgehead atoms. The van der Waals surface area contributed by atoms with Crippen LogP contribution in [0.4, 0.5) is 5.69 Å². The summed E-state index contributed by atoms with van der Waals surface area (Å²) in [7, 11) is 1.73. The van der Waals surface area contributed by atoms with Gasteiger partial charge >= 0.3 is 0 Å². The first-order chi connectivity index (χ1) is 8.38. The van der Waals surface area contributed by atoms with Crippen molar-refractivity contribution in [3.63, 3.8) is 0 Å². The lowest BCUT2D eigenvalue weighted by Gasteiger charge is -2.18. The van der Waals surface area contributed by atoms with Crippen molar-refractivity contribution in [3.8, 4) is 0 Å². The van der Waals surface area contributed by atoms with Crippen molar-refractivity contribution >= 4 is 16.6 Å². The fraction of sp³-hybridized carbons (Fsp3) is 0.429. The van der Waals surface area contributed by atoms with E-state index in [9.17, 15) is 0 Å². The highest BCUT2D eigenvalue weighted by Crippen LogP contribution is 2.25. The Morgan fingerprint density at radius 3 is 2.76 bits per heavy atom. The minimum Gasteiger partial charge on any atom is -0.371 e. The summed E-state index contributed by atoms with van der Waals surface area (Å²) in [4.78, 5) is 2.46. The molecule has 0 saturated carbocycles. The van der Waals surface area contributed by atoms with Crippen LogP contribution in [0, 0.1) is 0 Å². The van der Waals surface area contributed by atoms with Crippen molar-refractivity contribution in [2.24, 2.45) is 0 Å². The Balaban J connectivity index is 2.00. The van der Waals surface area contributed by atoms with Crippen molar-refractivity contribution in [1.29, 1.82) is 0 Å². The molecule has 0 unspecified atom stereocenters. The number of nitrogens with zero attached hydrogens (tertiary/aromatic N) is 2. The van der Waals surface area contributed by atoms with E-state index >= 15 is 0 Å². The summed E-state index contributed by atoms with van der Waals surface area (Å²) in [6.45, 7) is 3.00. The molecule has 1 aliphatic heterocycles. The third-order valence-corrected chi connectivity index (χ3v) is 3.50. The van der Waals surface area contributed by atoms with E-state index in [1.807, 2.05) is 0 Å². The predicted molar refractivity (Wildman–Crippen MR) is 70.4 cm³/mol. The monoisotopic (exact) mass is 230 g/mol. The number of rotatable bonds is 3. The summed E-state index contributed by atoms with van der Waals surface area (Å²) in [5, 5.41) is 1.28. The number of anilines is 1. The SMILES string of the molecule is COCn1ccc2ccc(N3CCCC3)cc21. The van der Waals surface area contributed by atoms with Gasteiger partial charge in [-0.2, -0.15) is 0 Å². The van der Waals surface area contributed by atoms with Gasteiger partial charge in [0.05, 0.1) is 5.52 Å². The van der Waals surface area contributed by atoms with Crippen molar-refractivity contribution < 1.29 is 4.74 Å². The van der Waals surface area contributed by atoms with Crippen LogP contribution < -0.4 is 4.90 Å². The third kappa shape index (κ3) is 1.91. The maximum absolute atomic E-state index is 5.21. The molecule has 3 rings (SSSR count). The van der Waals surface area contributed by atoms with Gasteiger partial charge in [-0.05, 0) is 36.4 Å². The van der Waals surface area contributed by atoms with Crippen LogP contribution >= 0.6 is 0 Å². The van der Waals surface area contributed by atoms with Gasteiger partial charge in [0, 0.05) is 32.1 Å². The second kappa shape index (κ2) is 4.41. The van der Waals surface area contributed by atoms with Crippen LogP contribution in [-0.2, 0) is 11.5 Å². The van der Waals surface area contributed by atoms with Gasteiger partial charge in [0.25, 0.3) is 0 Å². The van der Waals surface area contributed by atoms with Crippen molar-refractivity contribution in [2.75, 3.05) is 25.1 Å². The predicted octanol–water partition coefficient (Wildman–Crippen LogP) is 2.85. The molecule has 0 atom stereocenters. The van der Waals surface area contributed by atoms with Crippen LogP contribution in [0.3, 0.4) is 0 Å². The second-order valence-electron chi connectivity index (χ2n) is 4.64. The number of methoxy groups -OCH3 is 1. The number of hydrogen-bond acceptors (Lipinski definition) is 2. The van der Waals surface area contributed by atoms with Crippen molar-refractivity contribution in [3.05, 3.63) is 30.5 Å². The molecule has 1 saturated heterocycles. The molecular weight excluding hydrogens is 212 g/mol. The topological polar surface area (TPSA) is 17.4 Å². The van der Waals surface area contributed by atoms with Crippen LogP contribution in [0.5, 0.6) is 0 Å².